The van der Waals surface area contributed by atoms with Gasteiger partial charge in [0.1, 0.15) is 0 Å². The molecule has 2 N–H and O–H groups in total. The number of aromatic nitrogens is 4. The van der Waals surface area contributed by atoms with Gasteiger partial charge in [-0.25, -0.2) is 4.79 Å². The molecular weight excluding hydrogens is 328 g/mol. The Bertz CT molecular complexity index is 867. The third kappa shape index (κ3) is 4.11. The van der Waals surface area contributed by atoms with E-state index in [1.54, 1.807) is 17.1 Å². The third-order valence-electron chi connectivity index (χ3n) is 4.35. The lowest BCUT2D eigenvalue weighted by Crippen LogP contribution is -2.31. The Morgan fingerprint density at radius 3 is 2.65 bits per heavy atom. The van der Waals surface area contributed by atoms with Crippen LogP contribution in [0.2, 0.25) is 0 Å². The largest absolute Gasteiger partial charge is 0.331 e. The Balaban J connectivity index is 1.66. The molecule has 0 spiro atoms. The number of hydrogen-bond donors (Lipinski definition) is 2. The van der Waals surface area contributed by atoms with Crippen molar-refractivity contribution in [2.75, 3.05) is 5.32 Å². The fourth-order valence-corrected chi connectivity index (χ4v) is 2.78. The minimum Gasteiger partial charge on any atom is -0.331 e. The predicted molar refractivity (Wildman–Crippen MR) is 101 cm³/mol. The summed E-state index contributed by atoms with van der Waals surface area (Å²) < 4.78 is 3.63. The average Bonchev–Trinajstić information content (AvgIpc) is 3.25. The van der Waals surface area contributed by atoms with Crippen LogP contribution < -0.4 is 10.6 Å². The maximum atomic E-state index is 12.4. The molecule has 1 aromatic carbocycles. The molecule has 0 aliphatic carbocycles. The number of anilines is 1. The van der Waals surface area contributed by atoms with Crippen LogP contribution in [-0.4, -0.2) is 25.6 Å². The van der Waals surface area contributed by atoms with Gasteiger partial charge in [-0.05, 0) is 19.4 Å². The highest BCUT2D eigenvalue weighted by Crippen LogP contribution is 2.19. The minimum atomic E-state index is -0.260. The number of nitrogens with one attached hydrogen (secondary N) is 2. The molecule has 0 bridgehead atoms. The van der Waals surface area contributed by atoms with Crippen molar-refractivity contribution in [3.8, 4) is 0 Å². The number of aryl methyl sites for hydroxylation is 2. The molecular formula is C19H24N6O. The van der Waals surface area contributed by atoms with Crippen LogP contribution in [-0.2, 0) is 20.0 Å². The molecule has 2 aromatic heterocycles. The first-order chi connectivity index (χ1) is 12.6. The van der Waals surface area contributed by atoms with Gasteiger partial charge in [0, 0.05) is 31.8 Å². The van der Waals surface area contributed by atoms with Crippen molar-refractivity contribution in [2.24, 2.45) is 7.05 Å². The SMILES string of the molecule is CCn1cc(C(C)NC(=O)Nc2cnn(C)c2Cc2ccccc2)cn1. The fraction of sp³-hybridized carbons (Fsp3) is 0.316. The van der Waals surface area contributed by atoms with E-state index in [2.05, 4.69) is 33.0 Å². The van der Waals surface area contributed by atoms with Gasteiger partial charge in [-0.15, -0.1) is 0 Å². The lowest BCUT2D eigenvalue weighted by Gasteiger charge is -2.13. The van der Waals surface area contributed by atoms with E-state index < -0.39 is 0 Å². The predicted octanol–water partition coefficient (Wildman–Crippen LogP) is 3.11. The molecule has 0 radical (unpaired) electrons. The van der Waals surface area contributed by atoms with Crippen LogP contribution in [0.1, 0.15) is 36.7 Å². The van der Waals surface area contributed by atoms with E-state index in [4.69, 9.17) is 0 Å². The zero-order valence-corrected chi connectivity index (χ0v) is 15.3. The number of amides is 2. The lowest BCUT2D eigenvalue weighted by atomic mass is 10.1. The van der Waals surface area contributed by atoms with Crippen molar-refractivity contribution >= 4 is 11.7 Å². The van der Waals surface area contributed by atoms with E-state index >= 15 is 0 Å². The number of carbonyl (C=O) groups excluding carboxylic acids is 1. The van der Waals surface area contributed by atoms with Gasteiger partial charge in [0.15, 0.2) is 0 Å². The molecule has 2 heterocycles. The van der Waals surface area contributed by atoms with Gasteiger partial charge in [-0.2, -0.15) is 10.2 Å². The van der Waals surface area contributed by atoms with E-state index in [-0.39, 0.29) is 12.1 Å². The maximum Gasteiger partial charge on any atom is 0.319 e. The van der Waals surface area contributed by atoms with Crippen LogP contribution in [0, 0.1) is 0 Å². The normalized spacial score (nSPS) is 12.0. The van der Waals surface area contributed by atoms with Crippen molar-refractivity contribution in [3.63, 3.8) is 0 Å². The van der Waals surface area contributed by atoms with Gasteiger partial charge >= 0.3 is 6.03 Å². The molecule has 26 heavy (non-hydrogen) atoms. The number of hydrogen-bond acceptors (Lipinski definition) is 3. The van der Waals surface area contributed by atoms with Gasteiger partial charge in [0.05, 0.1) is 29.8 Å². The molecule has 7 nitrogen and oxygen atoms in total. The minimum absolute atomic E-state index is 0.135. The Kier molecular flexibility index (Phi) is 5.36. The molecule has 0 aliphatic rings. The lowest BCUT2D eigenvalue weighted by molar-refractivity contribution is 0.249. The topological polar surface area (TPSA) is 76.8 Å². The van der Waals surface area contributed by atoms with Crippen molar-refractivity contribution in [2.45, 2.75) is 32.9 Å². The van der Waals surface area contributed by atoms with Crippen molar-refractivity contribution < 1.29 is 4.79 Å². The van der Waals surface area contributed by atoms with E-state index in [1.165, 1.54) is 5.56 Å². The van der Waals surface area contributed by atoms with Crippen LogP contribution in [0.4, 0.5) is 10.5 Å². The smallest absolute Gasteiger partial charge is 0.319 e. The Labute approximate surface area is 153 Å². The van der Waals surface area contributed by atoms with Gasteiger partial charge in [-0.3, -0.25) is 9.36 Å². The molecule has 3 rings (SSSR count). The van der Waals surface area contributed by atoms with Gasteiger partial charge in [0.2, 0.25) is 0 Å². The third-order valence-corrected chi connectivity index (χ3v) is 4.35. The average molecular weight is 352 g/mol. The van der Waals surface area contributed by atoms with E-state index in [1.807, 2.05) is 50.0 Å². The van der Waals surface area contributed by atoms with Gasteiger partial charge in [-0.1, -0.05) is 30.3 Å². The number of benzene rings is 1. The molecule has 0 saturated carbocycles. The van der Waals surface area contributed by atoms with Gasteiger partial charge in [0.25, 0.3) is 0 Å². The van der Waals surface area contributed by atoms with Crippen molar-refractivity contribution in [1.29, 1.82) is 0 Å². The summed E-state index contributed by atoms with van der Waals surface area (Å²) in [6.07, 6.45) is 6.10. The molecule has 2 amide bonds. The highest BCUT2D eigenvalue weighted by Gasteiger charge is 2.15. The van der Waals surface area contributed by atoms with E-state index in [0.717, 1.165) is 17.8 Å². The van der Waals surface area contributed by atoms with Gasteiger partial charge < -0.3 is 10.6 Å². The maximum absolute atomic E-state index is 12.4. The summed E-state index contributed by atoms with van der Waals surface area (Å²) in [5.74, 6) is 0. The summed E-state index contributed by atoms with van der Waals surface area (Å²) in [5, 5.41) is 14.4. The molecule has 0 aliphatic heterocycles. The first kappa shape index (κ1) is 17.7. The zero-order chi connectivity index (χ0) is 18.5. The number of urea groups is 1. The second-order valence-electron chi connectivity index (χ2n) is 6.24. The van der Waals surface area contributed by atoms with Crippen LogP contribution in [0.3, 0.4) is 0 Å². The summed E-state index contributed by atoms with van der Waals surface area (Å²) in [5.41, 5.74) is 3.81. The number of nitrogens with zero attached hydrogens (tertiary/aromatic N) is 4. The van der Waals surface area contributed by atoms with Crippen LogP contribution in [0.15, 0.2) is 48.9 Å². The first-order valence-corrected chi connectivity index (χ1v) is 8.71. The summed E-state index contributed by atoms with van der Waals surface area (Å²) >= 11 is 0. The molecule has 7 heteroatoms. The van der Waals surface area contributed by atoms with Crippen molar-refractivity contribution in [3.05, 3.63) is 65.7 Å². The Hall–Kier alpha value is -3.09. The van der Waals surface area contributed by atoms with Crippen LogP contribution in [0.5, 0.6) is 0 Å². The van der Waals surface area contributed by atoms with E-state index in [9.17, 15) is 4.79 Å². The van der Waals surface area contributed by atoms with Crippen LogP contribution in [0.25, 0.3) is 0 Å². The second-order valence-corrected chi connectivity index (χ2v) is 6.24. The summed E-state index contributed by atoms with van der Waals surface area (Å²) in [4.78, 5) is 12.4. The molecule has 1 unspecified atom stereocenters. The summed E-state index contributed by atoms with van der Waals surface area (Å²) in [7, 11) is 1.88. The van der Waals surface area contributed by atoms with E-state index in [0.29, 0.717) is 12.1 Å². The Morgan fingerprint density at radius 2 is 1.96 bits per heavy atom. The highest BCUT2D eigenvalue weighted by atomic mass is 16.2. The standard InChI is InChI=1S/C19H24N6O/c1-4-25-13-16(11-21-25)14(2)22-19(26)23-17-12-20-24(3)18(17)10-15-8-6-5-7-9-15/h5-9,11-14H,4,10H2,1-3H3,(H2,22,23,26). The molecule has 1 atom stereocenters. The fourth-order valence-electron chi connectivity index (χ4n) is 2.78. The quantitative estimate of drug-likeness (QED) is 0.716. The molecule has 0 fully saturated rings. The monoisotopic (exact) mass is 352 g/mol. The second kappa shape index (κ2) is 7.86. The first-order valence-electron chi connectivity index (χ1n) is 8.71. The summed E-state index contributed by atoms with van der Waals surface area (Å²) in [6, 6.07) is 9.72. The highest BCUT2D eigenvalue weighted by molar-refractivity contribution is 5.90. The summed E-state index contributed by atoms with van der Waals surface area (Å²) in [6.45, 7) is 4.76. The molecule has 3 aromatic rings. The zero-order valence-electron chi connectivity index (χ0n) is 15.3. The van der Waals surface area contributed by atoms with Crippen LogP contribution >= 0.6 is 0 Å². The number of carbonyl (C=O) groups is 1. The molecule has 136 valence electrons. The Morgan fingerprint density at radius 1 is 1.19 bits per heavy atom. The van der Waals surface area contributed by atoms with Crippen molar-refractivity contribution in [1.82, 2.24) is 24.9 Å². The molecule has 0 saturated heterocycles. The number of rotatable bonds is 6.